The molecule has 0 saturated carbocycles. The third-order valence-electron chi connectivity index (χ3n) is 5.54. The van der Waals surface area contributed by atoms with Gasteiger partial charge in [-0.15, -0.1) is 0 Å². The van der Waals surface area contributed by atoms with E-state index < -0.39 is 0 Å². The van der Waals surface area contributed by atoms with Crippen LogP contribution in [0.4, 0.5) is 0 Å². The van der Waals surface area contributed by atoms with Crippen molar-refractivity contribution in [3.63, 3.8) is 0 Å². The van der Waals surface area contributed by atoms with E-state index in [1.54, 1.807) is 36.2 Å². The largest absolute Gasteiger partial charge is 0.378 e. The lowest BCUT2D eigenvalue weighted by molar-refractivity contribution is -0.141. The Morgan fingerprint density at radius 1 is 1.07 bits per heavy atom. The van der Waals surface area contributed by atoms with Crippen LogP contribution in [-0.4, -0.2) is 70.8 Å². The Morgan fingerprint density at radius 3 is 2.54 bits per heavy atom. The quantitative estimate of drug-likeness (QED) is 0.759. The Kier molecular flexibility index (Phi) is 5.13. The number of piperidine rings is 1. The molecular formula is C20H24N4O4. The number of nitrogens with zero attached hydrogens (tertiary/aromatic N) is 4. The second-order valence-corrected chi connectivity index (χ2v) is 7.35. The summed E-state index contributed by atoms with van der Waals surface area (Å²) in [6, 6.07) is 7.02. The molecule has 0 spiro atoms. The van der Waals surface area contributed by atoms with E-state index in [1.165, 1.54) is 4.68 Å². The van der Waals surface area contributed by atoms with Crippen molar-refractivity contribution in [1.82, 2.24) is 19.6 Å². The summed E-state index contributed by atoms with van der Waals surface area (Å²) in [5.74, 6) is -0.333. The van der Waals surface area contributed by atoms with Gasteiger partial charge in [0.25, 0.3) is 11.5 Å². The van der Waals surface area contributed by atoms with Gasteiger partial charge in [0.1, 0.15) is 0 Å². The third kappa shape index (κ3) is 3.40. The van der Waals surface area contributed by atoms with Crippen LogP contribution in [0.25, 0.3) is 10.8 Å². The van der Waals surface area contributed by atoms with Crippen LogP contribution in [0.5, 0.6) is 0 Å². The number of carbonyl (C=O) groups is 2. The summed E-state index contributed by atoms with van der Waals surface area (Å²) in [6.07, 6.45) is 1.55. The molecule has 1 aromatic heterocycles. The van der Waals surface area contributed by atoms with Crippen molar-refractivity contribution >= 4 is 22.6 Å². The molecule has 0 aliphatic carbocycles. The summed E-state index contributed by atoms with van der Waals surface area (Å²) >= 11 is 0. The minimum atomic E-state index is -0.230. The van der Waals surface area contributed by atoms with Gasteiger partial charge in [0.05, 0.1) is 24.5 Å². The fourth-order valence-corrected chi connectivity index (χ4v) is 4.01. The number of rotatable bonds is 2. The number of aromatic nitrogens is 2. The SMILES string of the molecule is Cn1nc(C(=O)N2CCC[C@@H](C(=O)N3CCOCC3)C2)c2ccccc2c1=O. The molecule has 28 heavy (non-hydrogen) atoms. The molecule has 4 rings (SSSR count). The lowest BCUT2D eigenvalue weighted by atomic mass is 9.95. The molecule has 0 radical (unpaired) electrons. The fraction of sp³-hybridized carbons (Fsp3) is 0.500. The van der Waals surface area contributed by atoms with Crippen LogP contribution < -0.4 is 5.56 Å². The highest BCUT2D eigenvalue weighted by Gasteiger charge is 2.33. The van der Waals surface area contributed by atoms with Gasteiger partial charge in [0.15, 0.2) is 5.69 Å². The standard InChI is InChI=1S/C20H24N4O4/c1-22-19(26)16-7-3-2-6-15(16)17(21-22)20(27)24-8-4-5-14(13-24)18(25)23-9-11-28-12-10-23/h2-3,6-7,14H,4-5,8-13H2,1H3/t14-/m1/s1. The monoisotopic (exact) mass is 384 g/mol. The van der Waals surface area contributed by atoms with Gasteiger partial charge in [0.2, 0.25) is 5.91 Å². The van der Waals surface area contributed by atoms with Crippen molar-refractivity contribution in [3.8, 4) is 0 Å². The van der Waals surface area contributed by atoms with Gasteiger partial charge in [-0.2, -0.15) is 5.10 Å². The first kappa shape index (κ1) is 18.6. The van der Waals surface area contributed by atoms with Gasteiger partial charge in [-0.3, -0.25) is 14.4 Å². The van der Waals surface area contributed by atoms with Gasteiger partial charge < -0.3 is 14.5 Å². The lowest BCUT2D eigenvalue weighted by Gasteiger charge is -2.36. The molecule has 8 heteroatoms. The summed E-state index contributed by atoms with van der Waals surface area (Å²) in [7, 11) is 1.55. The van der Waals surface area contributed by atoms with Crippen LogP contribution in [0.1, 0.15) is 23.3 Å². The zero-order valence-electron chi connectivity index (χ0n) is 16.0. The molecule has 1 atom stereocenters. The van der Waals surface area contributed by atoms with Gasteiger partial charge in [-0.1, -0.05) is 18.2 Å². The van der Waals surface area contributed by atoms with Crippen LogP contribution in [0.3, 0.4) is 0 Å². The third-order valence-corrected chi connectivity index (χ3v) is 5.54. The highest BCUT2D eigenvalue weighted by atomic mass is 16.5. The molecule has 0 bridgehead atoms. The second kappa shape index (κ2) is 7.71. The number of carbonyl (C=O) groups excluding carboxylic acids is 2. The average Bonchev–Trinajstić information content (AvgIpc) is 2.76. The van der Waals surface area contributed by atoms with E-state index in [4.69, 9.17) is 4.74 Å². The summed E-state index contributed by atoms with van der Waals surface area (Å²) in [5, 5.41) is 5.26. The fourth-order valence-electron chi connectivity index (χ4n) is 4.01. The van der Waals surface area contributed by atoms with E-state index in [2.05, 4.69) is 5.10 Å². The summed E-state index contributed by atoms with van der Waals surface area (Å²) in [4.78, 5) is 41.9. The minimum absolute atomic E-state index is 0.0964. The molecule has 2 fully saturated rings. The Labute approximate surface area is 162 Å². The number of aryl methyl sites for hydroxylation is 1. The summed E-state index contributed by atoms with van der Waals surface area (Å²) < 4.78 is 6.53. The first-order valence-corrected chi connectivity index (χ1v) is 9.68. The number of likely N-dealkylation sites (tertiary alicyclic amines) is 1. The first-order valence-electron chi connectivity index (χ1n) is 9.68. The number of amides is 2. The molecule has 2 aromatic rings. The first-order chi connectivity index (χ1) is 13.6. The van der Waals surface area contributed by atoms with Crippen molar-refractivity contribution in [2.45, 2.75) is 12.8 Å². The molecule has 0 unspecified atom stereocenters. The number of fused-ring (bicyclic) bond motifs is 1. The predicted octanol–water partition coefficient (Wildman–Crippen LogP) is 0.645. The van der Waals surface area contributed by atoms with Crippen molar-refractivity contribution in [2.24, 2.45) is 13.0 Å². The van der Waals surface area contributed by atoms with Gasteiger partial charge in [-0.05, 0) is 18.9 Å². The summed E-state index contributed by atoms with van der Waals surface area (Å²) in [5.41, 5.74) is 0.0309. The van der Waals surface area contributed by atoms with E-state index in [0.29, 0.717) is 50.2 Å². The molecular weight excluding hydrogens is 360 g/mol. The average molecular weight is 384 g/mol. The molecule has 1 aromatic carbocycles. The summed E-state index contributed by atoms with van der Waals surface area (Å²) in [6.45, 7) is 3.31. The zero-order valence-corrected chi connectivity index (χ0v) is 16.0. The molecule has 2 saturated heterocycles. The highest BCUT2D eigenvalue weighted by molar-refractivity contribution is 6.05. The molecule has 2 aliphatic rings. The van der Waals surface area contributed by atoms with Gasteiger partial charge in [-0.25, -0.2) is 4.68 Å². The molecule has 2 aliphatic heterocycles. The molecule has 2 amide bonds. The second-order valence-electron chi connectivity index (χ2n) is 7.35. The predicted molar refractivity (Wildman–Crippen MR) is 103 cm³/mol. The Bertz CT molecular complexity index is 964. The van der Waals surface area contributed by atoms with E-state index in [-0.39, 0.29) is 29.0 Å². The zero-order chi connectivity index (χ0) is 19.7. The normalized spacial score (nSPS) is 20.4. The Balaban J connectivity index is 1.58. The van der Waals surface area contributed by atoms with E-state index in [9.17, 15) is 14.4 Å². The number of hydrogen-bond donors (Lipinski definition) is 0. The van der Waals surface area contributed by atoms with Crippen molar-refractivity contribution in [2.75, 3.05) is 39.4 Å². The molecule has 8 nitrogen and oxygen atoms in total. The topological polar surface area (TPSA) is 84.7 Å². The highest BCUT2D eigenvalue weighted by Crippen LogP contribution is 2.22. The molecule has 3 heterocycles. The maximum atomic E-state index is 13.2. The lowest BCUT2D eigenvalue weighted by Crippen LogP contribution is -2.49. The molecule has 0 N–H and O–H groups in total. The van der Waals surface area contributed by atoms with E-state index >= 15 is 0 Å². The van der Waals surface area contributed by atoms with Crippen LogP contribution in [0, 0.1) is 5.92 Å². The Morgan fingerprint density at radius 2 is 1.79 bits per heavy atom. The van der Waals surface area contributed by atoms with Crippen LogP contribution in [0.2, 0.25) is 0 Å². The van der Waals surface area contributed by atoms with Gasteiger partial charge in [0, 0.05) is 38.6 Å². The maximum Gasteiger partial charge on any atom is 0.274 e. The maximum absolute atomic E-state index is 13.2. The van der Waals surface area contributed by atoms with Crippen LogP contribution in [0.15, 0.2) is 29.1 Å². The van der Waals surface area contributed by atoms with E-state index in [1.807, 2.05) is 4.90 Å². The number of hydrogen-bond acceptors (Lipinski definition) is 5. The smallest absolute Gasteiger partial charge is 0.274 e. The Hall–Kier alpha value is -2.74. The van der Waals surface area contributed by atoms with Crippen molar-refractivity contribution < 1.29 is 14.3 Å². The number of morpholine rings is 1. The van der Waals surface area contributed by atoms with Gasteiger partial charge >= 0.3 is 0 Å². The number of ether oxygens (including phenoxy) is 1. The van der Waals surface area contributed by atoms with Crippen molar-refractivity contribution in [3.05, 3.63) is 40.3 Å². The van der Waals surface area contributed by atoms with E-state index in [0.717, 1.165) is 12.8 Å². The van der Waals surface area contributed by atoms with Crippen molar-refractivity contribution in [1.29, 1.82) is 0 Å². The minimum Gasteiger partial charge on any atom is -0.378 e. The van der Waals surface area contributed by atoms with Crippen LogP contribution >= 0.6 is 0 Å². The molecule has 148 valence electrons. The van der Waals surface area contributed by atoms with Crippen LogP contribution in [-0.2, 0) is 16.6 Å². The number of benzene rings is 1.